The Labute approximate surface area is 128 Å². The van der Waals surface area contributed by atoms with Gasteiger partial charge in [0.1, 0.15) is 0 Å². The van der Waals surface area contributed by atoms with Crippen molar-refractivity contribution in [2.75, 3.05) is 13.2 Å². The summed E-state index contributed by atoms with van der Waals surface area (Å²) in [4.78, 5) is 0. The lowest BCUT2D eigenvalue weighted by atomic mass is 9.84. The molecule has 1 aromatic rings. The van der Waals surface area contributed by atoms with E-state index in [1.54, 1.807) is 0 Å². The molecule has 0 radical (unpaired) electrons. The normalized spacial score (nSPS) is 19.3. The van der Waals surface area contributed by atoms with Crippen molar-refractivity contribution in [2.45, 2.75) is 57.8 Å². The topological polar surface area (TPSA) is 41.5 Å². The predicted molar refractivity (Wildman–Crippen MR) is 86.1 cm³/mol. The second-order valence-electron chi connectivity index (χ2n) is 6.25. The molecule has 0 spiro atoms. The number of aliphatic hydroxyl groups excluding tert-OH is 1. The molecule has 2 N–H and O–H groups in total. The summed E-state index contributed by atoms with van der Waals surface area (Å²) >= 11 is 0. The van der Waals surface area contributed by atoms with Crippen molar-refractivity contribution in [3.05, 3.63) is 35.9 Å². The van der Waals surface area contributed by atoms with Crippen LogP contribution in [0.2, 0.25) is 0 Å². The monoisotopic (exact) mass is 291 g/mol. The molecule has 2 atom stereocenters. The van der Waals surface area contributed by atoms with Gasteiger partial charge in [-0.2, -0.15) is 0 Å². The summed E-state index contributed by atoms with van der Waals surface area (Å²) in [5.74, 6) is 0.774. The van der Waals surface area contributed by atoms with Gasteiger partial charge < -0.3 is 15.2 Å². The van der Waals surface area contributed by atoms with Gasteiger partial charge in [-0.25, -0.2) is 0 Å². The highest BCUT2D eigenvalue weighted by atomic mass is 16.5. The molecule has 21 heavy (non-hydrogen) atoms. The quantitative estimate of drug-likeness (QED) is 0.773. The standard InChI is InChI=1S/C18H29NO2/c1-15(17-10-6-3-7-11-17)19-12-18(20)14-21-13-16-8-4-2-5-9-16/h2,4-5,8-9,15,17-20H,3,6-7,10-14H2,1H3. The zero-order valence-electron chi connectivity index (χ0n) is 13.1. The summed E-state index contributed by atoms with van der Waals surface area (Å²) in [6.45, 7) is 3.81. The van der Waals surface area contributed by atoms with Gasteiger partial charge in [0.2, 0.25) is 0 Å². The van der Waals surface area contributed by atoms with Gasteiger partial charge in [-0.15, -0.1) is 0 Å². The Morgan fingerprint density at radius 2 is 1.90 bits per heavy atom. The Kier molecular flexibility index (Phi) is 7.20. The lowest BCUT2D eigenvalue weighted by molar-refractivity contribution is 0.0266. The van der Waals surface area contributed by atoms with E-state index in [4.69, 9.17) is 4.74 Å². The third-order valence-electron chi connectivity index (χ3n) is 4.45. The number of nitrogens with one attached hydrogen (secondary N) is 1. The Balaban J connectivity index is 1.57. The zero-order valence-corrected chi connectivity index (χ0v) is 13.1. The fourth-order valence-corrected chi connectivity index (χ4v) is 3.07. The van der Waals surface area contributed by atoms with Crippen LogP contribution in [-0.2, 0) is 11.3 Å². The second kappa shape index (κ2) is 9.19. The van der Waals surface area contributed by atoms with E-state index in [0.717, 1.165) is 11.5 Å². The highest BCUT2D eigenvalue weighted by Gasteiger charge is 2.20. The fourth-order valence-electron chi connectivity index (χ4n) is 3.07. The molecular weight excluding hydrogens is 262 g/mol. The lowest BCUT2D eigenvalue weighted by Crippen LogP contribution is -2.40. The minimum absolute atomic E-state index is 0.388. The maximum Gasteiger partial charge on any atom is 0.0897 e. The summed E-state index contributed by atoms with van der Waals surface area (Å²) in [6, 6.07) is 10.6. The van der Waals surface area contributed by atoms with Crippen LogP contribution in [0.4, 0.5) is 0 Å². The van der Waals surface area contributed by atoms with E-state index in [2.05, 4.69) is 12.2 Å². The van der Waals surface area contributed by atoms with Crippen LogP contribution in [0.1, 0.15) is 44.6 Å². The Morgan fingerprint density at radius 1 is 1.19 bits per heavy atom. The van der Waals surface area contributed by atoms with Crippen molar-refractivity contribution in [1.82, 2.24) is 5.32 Å². The molecule has 1 saturated carbocycles. The molecule has 3 heteroatoms. The molecule has 2 rings (SSSR count). The molecule has 2 unspecified atom stereocenters. The maximum absolute atomic E-state index is 9.99. The van der Waals surface area contributed by atoms with Crippen LogP contribution < -0.4 is 5.32 Å². The second-order valence-corrected chi connectivity index (χ2v) is 6.25. The molecule has 0 heterocycles. The number of hydrogen-bond donors (Lipinski definition) is 2. The SMILES string of the molecule is CC(NCC(O)COCc1ccccc1)C1CCCCC1. The van der Waals surface area contributed by atoms with Crippen molar-refractivity contribution < 1.29 is 9.84 Å². The average Bonchev–Trinajstić information content (AvgIpc) is 2.54. The molecule has 0 saturated heterocycles. The van der Waals surface area contributed by atoms with E-state index in [9.17, 15) is 5.11 Å². The van der Waals surface area contributed by atoms with Crippen molar-refractivity contribution in [3.63, 3.8) is 0 Å². The van der Waals surface area contributed by atoms with Crippen molar-refractivity contribution in [2.24, 2.45) is 5.92 Å². The molecule has 0 bridgehead atoms. The minimum Gasteiger partial charge on any atom is -0.389 e. The number of aliphatic hydroxyl groups is 1. The summed E-state index contributed by atoms with van der Waals surface area (Å²) in [7, 11) is 0. The summed E-state index contributed by atoms with van der Waals surface area (Å²) < 4.78 is 5.57. The molecule has 1 aliphatic carbocycles. The summed E-state index contributed by atoms with van der Waals surface area (Å²) in [5.41, 5.74) is 1.15. The zero-order chi connectivity index (χ0) is 14.9. The van der Waals surface area contributed by atoms with Crippen LogP contribution in [0, 0.1) is 5.92 Å². The molecule has 0 aromatic heterocycles. The predicted octanol–water partition coefficient (Wildman–Crippen LogP) is 3.12. The Morgan fingerprint density at radius 3 is 2.62 bits per heavy atom. The smallest absolute Gasteiger partial charge is 0.0897 e. The first-order chi connectivity index (χ1) is 10.3. The molecular formula is C18H29NO2. The first kappa shape index (κ1) is 16.5. The van der Waals surface area contributed by atoms with Gasteiger partial charge in [0, 0.05) is 12.6 Å². The van der Waals surface area contributed by atoms with Gasteiger partial charge in [0.15, 0.2) is 0 Å². The van der Waals surface area contributed by atoms with Crippen LogP contribution in [0.5, 0.6) is 0 Å². The lowest BCUT2D eigenvalue weighted by Gasteiger charge is -2.29. The van der Waals surface area contributed by atoms with Gasteiger partial charge in [0.05, 0.1) is 19.3 Å². The molecule has 1 aliphatic rings. The molecule has 0 aliphatic heterocycles. The van der Waals surface area contributed by atoms with Gasteiger partial charge >= 0.3 is 0 Å². The number of ether oxygens (including phenoxy) is 1. The number of benzene rings is 1. The molecule has 1 fully saturated rings. The Bertz CT molecular complexity index is 376. The van der Waals surface area contributed by atoms with Crippen molar-refractivity contribution >= 4 is 0 Å². The minimum atomic E-state index is -0.431. The van der Waals surface area contributed by atoms with E-state index in [0.29, 0.717) is 25.8 Å². The Hall–Kier alpha value is -0.900. The summed E-state index contributed by atoms with van der Waals surface area (Å²) in [6.07, 6.45) is 6.33. The maximum atomic E-state index is 9.99. The fraction of sp³-hybridized carbons (Fsp3) is 0.667. The van der Waals surface area contributed by atoms with Gasteiger partial charge in [-0.05, 0) is 31.2 Å². The van der Waals surface area contributed by atoms with Crippen LogP contribution >= 0.6 is 0 Å². The third kappa shape index (κ3) is 6.16. The first-order valence-corrected chi connectivity index (χ1v) is 8.29. The number of hydrogen-bond acceptors (Lipinski definition) is 3. The van der Waals surface area contributed by atoms with E-state index in [-0.39, 0.29) is 0 Å². The van der Waals surface area contributed by atoms with E-state index < -0.39 is 6.10 Å². The van der Waals surface area contributed by atoms with Gasteiger partial charge in [0.25, 0.3) is 0 Å². The van der Waals surface area contributed by atoms with Gasteiger partial charge in [-0.3, -0.25) is 0 Å². The number of rotatable bonds is 8. The molecule has 0 amide bonds. The molecule has 118 valence electrons. The molecule has 3 nitrogen and oxygen atoms in total. The van der Waals surface area contributed by atoms with Crippen LogP contribution in [0.3, 0.4) is 0 Å². The van der Waals surface area contributed by atoms with Crippen LogP contribution in [-0.4, -0.2) is 30.4 Å². The largest absolute Gasteiger partial charge is 0.389 e. The average molecular weight is 291 g/mol. The highest BCUT2D eigenvalue weighted by Crippen LogP contribution is 2.26. The van der Waals surface area contributed by atoms with Crippen molar-refractivity contribution in [3.8, 4) is 0 Å². The molecule has 1 aromatic carbocycles. The summed E-state index contributed by atoms with van der Waals surface area (Å²) in [5, 5.41) is 13.5. The van der Waals surface area contributed by atoms with Gasteiger partial charge in [-0.1, -0.05) is 49.6 Å². The van der Waals surface area contributed by atoms with Crippen LogP contribution in [0.25, 0.3) is 0 Å². The highest BCUT2D eigenvalue weighted by molar-refractivity contribution is 5.13. The van der Waals surface area contributed by atoms with E-state index >= 15 is 0 Å². The van der Waals surface area contributed by atoms with Crippen LogP contribution in [0.15, 0.2) is 30.3 Å². The van der Waals surface area contributed by atoms with Crippen molar-refractivity contribution in [1.29, 1.82) is 0 Å². The van der Waals surface area contributed by atoms with E-state index in [1.165, 1.54) is 32.1 Å². The first-order valence-electron chi connectivity index (χ1n) is 8.29. The van der Waals surface area contributed by atoms with E-state index in [1.807, 2.05) is 30.3 Å². The third-order valence-corrected chi connectivity index (χ3v) is 4.45.